The fourth-order valence-corrected chi connectivity index (χ4v) is 5.62. The smallest absolute Gasteiger partial charge is 0.243 e. The van der Waals surface area contributed by atoms with E-state index in [1.807, 2.05) is 36.4 Å². The van der Waals surface area contributed by atoms with Crippen LogP contribution in [0.25, 0.3) is 10.8 Å². The number of rotatable bonds is 3. The zero-order chi connectivity index (χ0) is 19.0. The third-order valence-electron chi connectivity index (χ3n) is 5.29. The van der Waals surface area contributed by atoms with Crippen LogP contribution in [0.5, 0.6) is 0 Å². The molecule has 0 bridgehead atoms. The van der Waals surface area contributed by atoms with Gasteiger partial charge >= 0.3 is 0 Å². The topological polar surface area (TPSA) is 40.6 Å². The zero-order valence-electron chi connectivity index (χ0n) is 15.7. The summed E-state index contributed by atoms with van der Waals surface area (Å²) in [7, 11) is -3.53. The van der Waals surface area contributed by atoms with Crippen molar-refractivity contribution >= 4 is 26.5 Å². The first kappa shape index (κ1) is 18.0. The lowest BCUT2D eigenvalue weighted by molar-refractivity contribution is 0.343. The van der Waals surface area contributed by atoms with E-state index in [9.17, 15) is 8.42 Å². The average molecular weight is 381 g/mol. The van der Waals surface area contributed by atoms with Crippen molar-refractivity contribution in [2.45, 2.75) is 24.8 Å². The van der Waals surface area contributed by atoms with Crippen molar-refractivity contribution in [2.75, 3.05) is 24.5 Å². The predicted molar refractivity (Wildman–Crippen MR) is 111 cm³/mol. The lowest BCUT2D eigenvalue weighted by atomic mass is 10.1. The maximum atomic E-state index is 13.4. The molecule has 0 N–H and O–H groups in total. The second-order valence-electron chi connectivity index (χ2n) is 7.22. The second kappa shape index (κ2) is 6.98. The van der Waals surface area contributed by atoms with E-state index < -0.39 is 10.0 Å². The van der Waals surface area contributed by atoms with E-state index in [1.165, 1.54) is 5.56 Å². The maximum Gasteiger partial charge on any atom is 0.243 e. The number of hydrogen-bond donors (Lipinski definition) is 0. The van der Waals surface area contributed by atoms with Crippen LogP contribution in [0.2, 0.25) is 0 Å². The fraction of sp³-hybridized carbons (Fsp3) is 0.273. The van der Waals surface area contributed by atoms with Gasteiger partial charge in [-0.1, -0.05) is 48.5 Å². The maximum absolute atomic E-state index is 13.4. The van der Waals surface area contributed by atoms with Gasteiger partial charge in [-0.3, -0.25) is 0 Å². The van der Waals surface area contributed by atoms with Crippen LogP contribution in [-0.4, -0.2) is 38.4 Å². The third kappa shape index (κ3) is 3.33. The lowest BCUT2D eigenvalue weighted by Gasteiger charge is -2.40. The Morgan fingerprint density at radius 2 is 1.67 bits per heavy atom. The molecule has 0 spiro atoms. The highest BCUT2D eigenvalue weighted by atomic mass is 32.2. The number of nitrogens with zero attached hydrogens (tertiary/aromatic N) is 2. The number of benzene rings is 3. The molecule has 4 nitrogen and oxygen atoms in total. The molecule has 3 aromatic carbocycles. The van der Waals surface area contributed by atoms with E-state index >= 15 is 0 Å². The van der Waals surface area contributed by atoms with E-state index in [0.717, 1.165) is 16.5 Å². The molecule has 1 heterocycles. The monoisotopic (exact) mass is 380 g/mol. The summed E-state index contributed by atoms with van der Waals surface area (Å²) in [5.74, 6) is 0. The summed E-state index contributed by atoms with van der Waals surface area (Å²) in [4.78, 5) is 2.69. The molecule has 0 aromatic heterocycles. The van der Waals surface area contributed by atoms with Crippen molar-refractivity contribution in [2.24, 2.45) is 0 Å². The molecule has 4 rings (SSSR count). The molecule has 5 heteroatoms. The largest absolute Gasteiger partial charge is 0.366 e. The van der Waals surface area contributed by atoms with Gasteiger partial charge in [-0.25, -0.2) is 8.42 Å². The van der Waals surface area contributed by atoms with Crippen molar-refractivity contribution in [3.05, 3.63) is 72.3 Å². The predicted octanol–water partition coefficient (Wildman–Crippen LogP) is 4.05. The Hall–Kier alpha value is -2.37. The minimum Gasteiger partial charge on any atom is -0.366 e. The van der Waals surface area contributed by atoms with Gasteiger partial charge in [-0.2, -0.15) is 4.31 Å². The van der Waals surface area contributed by atoms with Gasteiger partial charge < -0.3 is 4.90 Å². The van der Waals surface area contributed by atoms with Gasteiger partial charge in [-0.15, -0.1) is 0 Å². The molecule has 1 unspecified atom stereocenters. The number of anilines is 1. The van der Waals surface area contributed by atoms with Gasteiger partial charge in [0.25, 0.3) is 0 Å². The second-order valence-corrected chi connectivity index (χ2v) is 9.13. The molecule has 0 amide bonds. The Labute approximate surface area is 161 Å². The van der Waals surface area contributed by atoms with Crippen LogP contribution in [-0.2, 0) is 10.0 Å². The van der Waals surface area contributed by atoms with E-state index in [2.05, 4.69) is 43.0 Å². The minimum absolute atomic E-state index is 0.116. The molecule has 1 atom stereocenters. The molecular weight excluding hydrogens is 356 g/mol. The zero-order valence-corrected chi connectivity index (χ0v) is 16.5. The van der Waals surface area contributed by atoms with E-state index in [1.54, 1.807) is 10.4 Å². The normalized spacial score (nSPS) is 18.7. The quantitative estimate of drug-likeness (QED) is 0.688. The molecule has 1 fully saturated rings. The molecule has 1 aliphatic rings. The summed E-state index contributed by atoms with van der Waals surface area (Å²) in [6.07, 6.45) is 0. The van der Waals surface area contributed by atoms with Crippen molar-refractivity contribution in [3.8, 4) is 0 Å². The Bertz CT molecular complexity index is 1070. The first-order valence-electron chi connectivity index (χ1n) is 9.28. The highest BCUT2D eigenvalue weighted by molar-refractivity contribution is 7.89. The SMILES string of the molecule is Cc1cccc(N2CCN(S(=O)(=O)c3cccc4ccccc34)CC2C)c1. The number of aryl methyl sites for hydroxylation is 1. The molecule has 3 aromatic rings. The Morgan fingerprint density at radius 1 is 0.926 bits per heavy atom. The molecule has 1 saturated heterocycles. The fourth-order valence-electron chi connectivity index (χ4n) is 3.89. The molecule has 0 aliphatic carbocycles. The summed E-state index contributed by atoms with van der Waals surface area (Å²) in [6.45, 7) is 5.83. The summed E-state index contributed by atoms with van der Waals surface area (Å²) in [5, 5.41) is 1.73. The summed E-state index contributed by atoms with van der Waals surface area (Å²) < 4.78 is 28.3. The van der Waals surface area contributed by atoms with Crippen molar-refractivity contribution < 1.29 is 8.42 Å². The molecule has 0 saturated carbocycles. The highest BCUT2D eigenvalue weighted by Crippen LogP contribution is 2.29. The average Bonchev–Trinajstić information content (AvgIpc) is 2.67. The minimum atomic E-state index is -3.53. The van der Waals surface area contributed by atoms with Crippen LogP contribution >= 0.6 is 0 Å². The van der Waals surface area contributed by atoms with Gasteiger partial charge in [0.1, 0.15) is 0 Å². The van der Waals surface area contributed by atoms with E-state index in [4.69, 9.17) is 0 Å². The van der Waals surface area contributed by atoms with Crippen LogP contribution in [0.1, 0.15) is 12.5 Å². The number of sulfonamides is 1. The lowest BCUT2D eigenvalue weighted by Crippen LogP contribution is -2.53. The first-order chi connectivity index (χ1) is 13.0. The Morgan fingerprint density at radius 3 is 2.44 bits per heavy atom. The summed E-state index contributed by atoms with van der Waals surface area (Å²) >= 11 is 0. The number of hydrogen-bond acceptors (Lipinski definition) is 3. The molecule has 1 aliphatic heterocycles. The van der Waals surface area contributed by atoms with E-state index in [0.29, 0.717) is 24.5 Å². The van der Waals surface area contributed by atoms with Crippen molar-refractivity contribution in [1.29, 1.82) is 0 Å². The third-order valence-corrected chi connectivity index (χ3v) is 7.21. The molecule has 140 valence electrons. The van der Waals surface area contributed by atoms with E-state index in [-0.39, 0.29) is 6.04 Å². The van der Waals surface area contributed by atoms with Gasteiger partial charge in [0.2, 0.25) is 10.0 Å². The Balaban J connectivity index is 1.63. The van der Waals surface area contributed by atoms with Gasteiger partial charge in [0, 0.05) is 36.7 Å². The van der Waals surface area contributed by atoms with Crippen LogP contribution in [0.3, 0.4) is 0 Å². The van der Waals surface area contributed by atoms with Gasteiger partial charge in [0.05, 0.1) is 4.90 Å². The molecular formula is C22H24N2O2S. The highest BCUT2D eigenvalue weighted by Gasteiger charge is 2.33. The molecule has 27 heavy (non-hydrogen) atoms. The van der Waals surface area contributed by atoms with Crippen molar-refractivity contribution in [3.63, 3.8) is 0 Å². The van der Waals surface area contributed by atoms with Crippen LogP contribution in [0, 0.1) is 6.92 Å². The number of fused-ring (bicyclic) bond motifs is 1. The number of piperazine rings is 1. The molecule has 0 radical (unpaired) electrons. The van der Waals surface area contributed by atoms with Crippen LogP contribution in [0.15, 0.2) is 71.6 Å². The van der Waals surface area contributed by atoms with Crippen molar-refractivity contribution in [1.82, 2.24) is 4.31 Å². The first-order valence-corrected chi connectivity index (χ1v) is 10.7. The van der Waals surface area contributed by atoms with Gasteiger partial charge in [0.15, 0.2) is 0 Å². The van der Waals surface area contributed by atoms with Gasteiger partial charge in [-0.05, 0) is 43.0 Å². The summed E-state index contributed by atoms with van der Waals surface area (Å²) in [6, 6.07) is 21.6. The van der Waals surface area contributed by atoms with Crippen LogP contribution in [0.4, 0.5) is 5.69 Å². The summed E-state index contributed by atoms with van der Waals surface area (Å²) in [5.41, 5.74) is 2.37. The standard InChI is InChI=1S/C22H24N2O2S/c1-17-7-5-10-20(15-17)24-14-13-23(16-18(24)2)27(25,26)22-12-6-9-19-8-3-4-11-21(19)22/h3-12,15,18H,13-14,16H2,1-2H3. The Kier molecular flexibility index (Phi) is 4.66. The van der Waals surface area contributed by atoms with Crippen LogP contribution < -0.4 is 4.90 Å².